The first-order valence-corrected chi connectivity index (χ1v) is 9.69. The Morgan fingerprint density at radius 2 is 1.97 bits per heavy atom. The van der Waals surface area contributed by atoms with Gasteiger partial charge in [0.2, 0.25) is 5.91 Å². The standard InChI is InChI=1S/C22H20F3N5O/c23-22(24,25)17-4-2-1-3-13(17)8-16(26)10-28-20-12-27-11-19(29-20)14-5-6-18-15(7-14)9-21(31)30-18/h1-7,11-12,16H,8-10,26H2,(H,28,29)(H,30,31)/t16-/m0/s1. The summed E-state index contributed by atoms with van der Waals surface area (Å²) >= 11 is 0. The van der Waals surface area contributed by atoms with E-state index >= 15 is 0 Å². The molecule has 0 saturated heterocycles. The van der Waals surface area contributed by atoms with Gasteiger partial charge in [0, 0.05) is 23.8 Å². The third-order valence-electron chi connectivity index (χ3n) is 5.01. The van der Waals surface area contributed by atoms with Crippen LogP contribution in [0.25, 0.3) is 11.3 Å². The van der Waals surface area contributed by atoms with Crippen LogP contribution in [0, 0.1) is 0 Å². The van der Waals surface area contributed by atoms with E-state index in [0.717, 1.165) is 22.9 Å². The average Bonchev–Trinajstić information content (AvgIpc) is 3.11. The number of rotatable bonds is 6. The maximum Gasteiger partial charge on any atom is 0.416 e. The first kappa shape index (κ1) is 20.8. The van der Waals surface area contributed by atoms with E-state index in [1.165, 1.54) is 18.3 Å². The zero-order chi connectivity index (χ0) is 22.0. The maximum atomic E-state index is 13.2. The van der Waals surface area contributed by atoms with Crippen molar-refractivity contribution in [1.82, 2.24) is 9.97 Å². The molecule has 1 aliphatic heterocycles. The molecule has 160 valence electrons. The number of carbonyl (C=O) groups excluding carboxylic acids is 1. The second-order valence-corrected chi connectivity index (χ2v) is 7.39. The average molecular weight is 427 g/mol. The summed E-state index contributed by atoms with van der Waals surface area (Å²) < 4.78 is 39.5. The topological polar surface area (TPSA) is 92.9 Å². The van der Waals surface area contributed by atoms with E-state index in [1.807, 2.05) is 18.2 Å². The molecule has 31 heavy (non-hydrogen) atoms. The Kier molecular flexibility index (Phi) is 5.60. The number of benzene rings is 2. The molecule has 0 unspecified atom stereocenters. The van der Waals surface area contributed by atoms with Crippen LogP contribution in [-0.4, -0.2) is 28.5 Å². The van der Waals surface area contributed by atoms with Crippen molar-refractivity contribution >= 4 is 17.4 Å². The number of halogens is 3. The van der Waals surface area contributed by atoms with Crippen LogP contribution >= 0.6 is 0 Å². The van der Waals surface area contributed by atoms with Gasteiger partial charge in [-0.3, -0.25) is 9.78 Å². The van der Waals surface area contributed by atoms with Gasteiger partial charge in [-0.05, 0) is 35.7 Å². The fraction of sp³-hybridized carbons (Fsp3) is 0.227. The molecular weight excluding hydrogens is 407 g/mol. The number of anilines is 2. The fourth-order valence-electron chi connectivity index (χ4n) is 3.54. The highest BCUT2D eigenvalue weighted by Gasteiger charge is 2.33. The summed E-state index contributed by atoms with van der Waals surface area (Å²) in [5.74, 6) is 0.418. The van der Waals surface area contributed by atoms with Crippen molar-refractivity contribution in [2.24, 2.45) is 5.73 Å². The molecule has 0 saturated carbocycles. The zero-order valence-electron chi connectivity index (χ0n) is 16.4. The lowest BCUT2D eigenvalue weighted by molar-refractivity contribution is -0.138. The van der Waals surface area contributed by atoms with Crippen LogP contribution in [0.4, 0.5) is 24.7 Å². The SMILES string of the molecule is N[C@H](CNc1cncc(-c2ccc3c(c2)CC(=O)N3)n1)Cc1ccccc1C(F)(F)F. The van der Waals surface area contributed by atoms with Crippen molar-refractivity contribution in [2.75, 3.05) is 17.2 Å². The fourth-order valence-corrected chi connectivity index (χ4v) is 3.54. The number of fused-ring (bicyclic) bond motifs is 1. The molecule has 1 aromatic heterocycles. The van der Waals surface area contributed by atoms with Gasteiger partial charge in [-0.15, -0.1) is 0 Å². The monoisotopic (exact) mass is 427 g/mol. The molecule has 0 spiro atoms. The van der Waals surface area contributed by atoms with Gasteiger partial charge in [0.15, 0.2) is 0 Å². The Morgan fingerprint density at radius 3 is 2.77 bits per heavy atom. The summed E-state index contributed by atoms with van der Waals surface area (Å²) in [5.41, 5.74) is 8.68. The second kappa shape index (κ2) is 8.35. The van der Waals surface area contributed by atoms with Crippen LogP contribution in [0.2, 0.25) is 0 Å². The van der Waals surface area contributed by atoms with Gasteiger partial charge in [-0.1, -0.05) is 24.3 Å². The van der Waals surface area contributed by atoms with Crippen LogP contribution in [0.3, 0.4) is 0 Å². The number of nitrogens with one attached hydrogen (secondary N) is 2. The minimum Gasteiger partial charge on any atom is -0.367 e. The molecule has 2 aromatic carbocycles. The normalized spacial score (nSPS) is 14.1. The Labute approximate surface area is 176 Å². The molecule has 0 aliphatic carbocycles. The van der Waals surface area contributed by atoms with Gasteiger partial charge in [0.1, 0.15) is 5.82 Å². The van der Waals surface area contributed by atoms with Crippen LogP contribution < -0.4 is 16.4 Å². The van der Waals surface area contributed by atoms with Gasteiger partial charge < -0.3 is 16.4 Å². The highest BCUT2D eigenvalue weighted by molar-refractivity contribution is 5.99. The lowest BCUT2D eigenvalue weighted by Gasteiger charge is -2.17. The van der Waals surface area contributed by atoms with E-state index in [0.29, 0.717) is 17.9 Å². The third-order valence-corrected chi connectivity index (χ3v) is 5.01. The molecule has 4 N–H and O–H groups in total. The van der Waals surface area contributed by atoms with Gasteiger partial charge in [0.25, 0.3) is 0 Å². The molecule has 2 heterocycles. The molecule has 0 bridgehead atoms. The zero-order valence-corrected chi connectivity index (χ0v) is 16.4. The van der Waals surface area contributed by atoms with Gasteiger partial charge in [-0.2, -0.15) is 13.2 Å². The number of amides is 1. The minimum absolute atomic E-state index is 0.0465. The van der Waals surface area contributed by atoms with E-state index in [4.69, 9.17) is 5.73 Å². The Balaban J connectivity index is 1.42. The number of hydrogen-bond donors (Lipinski definition) is 3. The predicted molar refractivity (Wildman–Crippen MR) is 111 cm³/mol. The molecule has 1 aliphatic rings. The highest BCUT2D eigenvalue weighted by atomic mass is 19.4. The maximum absolute atomic E-state index is 13.2. The Hall–Kier alpha value is -3.46. The number of hydrogen-bond acceptors (Lipinski definition) is 5. The van der Waals surface area contributed by atoms with E-state index in [-0.39, 0.29) is 24.4 Å². The third kappa shape index (κ3) is 4.83. The number of nitrogens with zero attached hydrogens (tertiary/aromatic N) is 2. The van der Waals surface area contributed by atoms with Crippen LogP contribution in [0.5, 0.6) is 0 Å². The predicted octanol–water partition coefficient (Wildman–Crippen LogP) is 3.64. The van der Waals surface area contributed by atoms with E-state index in [2.05, 4.69) is 20.6 Å². The highest BCUT2D eigenvalue weighted by Crippen LogP contribution is 2.32. The molecule has 0 radical (unpaired) electrons. The lowest BCUT2D eigenvalue weighted by atomic mass is 10.00. The lowest BCUT2D eigenvalue weighted by Crippen LogP contribution is -2.32. The van der Waals surface area contributed by atoms with Gasteiger partial charge in [-0.25, -0.2) is 4.98 Å². The van der Waals surface area contributed by atoms with Crippen molar-refractivity contribution < 1.29 is 18.0 Å². The molecule has 3 aromatic rings. The van der Waals surface area contributed by atoms with Gasteiger partial charge >= 0.3 is 6.18 Å². The first-order chi connectivity index (χ1) is 14.8. The van der Waals surface area contributed by atoms with Crippen molar-refractivity contribution in [3.05, 3.63) is 71.5 Å². The van der Waals surface area contributed by atoms with Crippen LogP contribution in [-0.2, 0) is 23.8 Å². The molecule has 6 nitrogen and oxygen atoms in total. The van der Waals surface area contributed by atoms with Crippen LogP contribution in [0.1, 0.15) is 16.7 Å². The Bertz CT molecular complexity index is 1120. The van der Waals surface area contributed by atoms with Crippen molar-refractivity contribution in [2.45, 2.75) is 25.1 Å². The summed E-state index contributed by atoms with van der Waals surface area (Å²) in [5, 5.41) is 5.83. The summed E-state index contributed by atoms with van der Waals surface area (Å²) in [4.78, 5) is 20.2. The number of alkyl halides is 3. The van der Waals surface area contributed by atoms with Gasteiger partial charge in [0.05, 0.1) is 30.1 Å². The molecule has 1 amide bonds. The summed E-state index contributed by atoms with van der Waals surface area (Å²) in [6, 6.07) is 10.4. The smallest absolute Gasteiger partial charge is 0.367 e. The Morgan fingerprint density at radius 1 is 1.16 bits per heavy atom. The minimum atomic E-state index is -4.42. The van der Waals surface area contributed by atoms with Crippen molar-refractivity contribution in [1.29, 1.82) is 0 Å². The summed E-state index contributed by atoms with van der Waals surface area (Å²) in [6.07, 6.45) is -0.890. The van der Waals surface area contributed by atoms with E-state index in [1.54, 1.807) is 12.3 Å². The van der Waals surface area contributed by atoms with Crippen molar-refractivity contribution in [3.63, 3.8) is 0 Å². The molecule has 0 fully saturated rings. The quantitative estimate of drug-likeness (QED) is 0.559. The molecule has 4 rings (SSSR count). The second-order valence-electron chi connectivity index (χ2n) is 7.39. The van der Waals surface area contributed by atoms with E-state index < -0.39 is 17.8 Å². The number of carbonyl (C=O) groups is 1. The number of aromatic nitrogens is 2. The first-order valence-electron chi connectivity index (χ1n) is 9.69. The molecule has 1 atom stereocenters. The van der Waals surface area contributed by atoms with Crippen molar-refractivity contribution in [3.8, 4) is 11.3 Å². The van der Waals surface area contributed by atoms with E-state index in [9.17, 15) is 18.0 Å². The largest absolute Gasteiger partial charge is 0.416 e. The number of nitrogens with two attached hydrogens (primary N) is 1. The molecular formula is C22H20F3N5O. The summed E-state index contributed by atoms with van der Waals surface area (Å²) in [6.45, 7) is 0.229. The summed E-state index contributed by atoms with van der Waals surface area (Å²) in [7, 11) is 0. The molecule has 9 heteroatoms. The van der Waals surface area contributed by atoms with Crippen LogP contribution in [0.15, 0.2) is 54.9 Å².